The second-order valence-corrected chi connectivity index (χ2v) is 5.90. The predicted octanol–water partition coefficient (Wildman–Crippen LogP) is 2.81. The molecular weight excluding hydrogens is 246 g/mol. The van der Waals surface area contributed by atoms with Gasteiger partial charge in [-0.25, -0.2) is 0 Å². The van der Waals surface area contributed by atoms with Crippen molar-refractivity contribution in [3.05, 3.63) is 41.8 Å². The summed E-state index contributed by atoms with van der Waals surface area (Å²) in [6.45, 7) is 4.16. The van der Waals surface area contributed by atoms with Gasteiger partial charge in [-0.3, -0.25) is 0 Å². The van der Waals surface area contributed by atoms with Crippen LogP contribution in [0, 0.1) is 0 Å². The summed E-state index contributed by atoms with van der Waals surface area (Å²) in [5.41, 5.74) is 7.23. The van der Waals surface area contributed by atoms with E-state index in [4.69, 9.17) is 10.2 Å². The Labute approximate surface area is 111 Å². The van der Waals surface area contributed by atoms with Gasteiger partial charge in [0.2, 0.25) is 5.89 Å². The van der Waals surface area contributed by atoms with Crippen LogP contribution in [0.1, 0.15) is 31.3 Å². The van der Waals surface area contributed by atoms with Gasteiger partial charge in [-0.15, -0.1) is 10.2 Å². The maximum atomic E-state index is 6.07. The quantitative estimate of drug-likeness (QED) is 0.840. The molecule has 2 rings (SSSR count). The van der Waals surface area contributed by atoms with E-state index >= 15 is 0 Å². The third kappa shape index (κ3) is 3.58. The van der Waals surface area contributed by atoms with E-state index in [2.05, 4.69) is 24.0 Å². The van der Waals surface area contributed by atoms with Crippen LogP contribution in [0.3, 0.4) is 0 Å². The van der Waals surface area contributed by atoms with Crippen LogP contribution in [0.25, 0.3) is 0 Å². The van der Waals surface area contributed by atoms with Crippen molar-refractivity contribution in [1.29, 1.82) is 0 Å². The van der Waals surface area contributed by atoms with Gasteiger partial charge < -0.3 is 10.2 Å². The zero-order chi connectivity index (χ0) is 13.0. The highest BCUT2D eigenvalue weighted by molar-refractivity contribution is 7.99. The predicted molar refractivity (Wildman–Crippen MR) is 72.4 cm³/mol. The van der Waals surface area contributed by atoms with E-state index in [0.717, 1.165) is 0 Å². The summed E-state index contributed by atoms with van der Waals surface area (Å²) >= 11 is 1.55. The van der Waals surface area contributed by atoms with Crippen LogP contribution in [0.5, 0.6) is 0 Å². The van der Waals surface area contributed by atoms with Gasteiger partial charge in [0, 0.05) is 5.25 Å². The Balaban J connectivity index is 2.00. The third-order valence-electron chi connectivity index (χ3n) is 2.37. The van der Waals surface area contributed by atoms with Crippen molar-refractivity contribution >= 4 is 11.8 Å². The van der Waals surface area contributed by atoms with Gasteiger partial charge in [-0.05, 0) is 12.0 Å². The molecule has 0 fully saturated rings. The lowest BCUT2D eigenvalue weighted by Crippen LogP contribution is -2.13. The molecule has 0 amide bonds. The van der Waals surface area contributed by atoms with Gasteiger partial charge in [0.05, 0.1) is 6.04 Å². The number of benzene rings is 1. The lowest BCUT2D eigenvalue weighted by atomic mass is 10.1. The zero-order valence-electron chi connectivity index (χ0n) is 10.5. The van der Waals surface area contributed by atoms with Gasteiger partial charge in [0.15, 0.2) is 0 Å². The smallest absolute Gasteiger partial charge is 0.276 e. The number of rotatable bonds is 5. The van der Waals surface area contributed by atoms with Crippen LogP contribution < -0.4 is 5.73 Å². The average molecular weight is 263 g/mol. The number of thioether (sulfide) groups is 1. The van der Waals surface area contributed by atoms with Crippen LogP contribution in [-0.2, 0) is 6.42 Å². The van der Waals surface area contributed by atoms with E-state index in [9.17, 15) is 0 Å². The van der Waals surface area contributed by atoms with Gasteiger partial charge in [-0.2, -0.15) is 0 Å². The highest BCUT2D eigenvalue weighted by Gasteiger charge is 2.15. The molecule has 0 bridgehead atoms. The third-order valence-corrected chi connectivity index (χ3v) is 3.21. The van der Waals surface area contributed by atoms with Crippen LogP contribution in [0.2, 0.25) is 0 Å². The zero-order valence-corrected chi connectivity index (χ0v) is 11.4. The van der Waals surface area contributed by atoms with Crippen molar-refractivity contribution in [3.63, 3.8) is 0 Å². The van der Waals surface area contributed by atoms with E-state index in [-0.39, 0.29) is 6.04 Å². The van der Waals surface area contributed by atoms with Crippen molar-refractivity contribution in [2.24, 2.45) is 5.73 Å². The SMILES string of the molecule is CC(C)Sc1nnc(C(N)Cc2ccccc2)o1. The number of nitrogens with zero attached hydrogens (tertiary/aromatic N) is 2. The first-order chi connectivity index (χ1) is 8.65. The molecule has 1 aromatic heterocycles. The second-order valence-electron chi connectivity index (χ2n) is 4.37. The van der Waals surface area contributed by atoms with Crippen LogP contribution in [0.4, 0.5) is 0 Å². The fourth-order valence-electron chi connectivity index (χ4n) is 1.57. The van der Waals surface area contributed by atoms with E-state index in [0.29, 0.717) is 22.8 Å². The average Bonchev–Trinajstić information content (AvgIpc) is 2.78. The van der Waals surface area contributed by atoms with Gasteiger partial charge in [0.25, 0.3) is 5.22 Å². The lowest BCUT2D eigenvalue weighted by molar-refractivity contribution is 0.385. The Bertz CT molecular complexity index is 484. The Hall–Kier alpha value is -1.33. The maximum absolute atomic E-state index is 6.07. The molecule has 0 aliphatic rings. The standard InChI is InChI=1S/C13H17N3OS/c1-9(2)18-13-16-15-12(17-13)11(14)8-10-6-4-3-5-7-10/h3-7,9,11H,8,14H2,1-2H3. The molecule has 0 aliphatic heterocycles. The van der Waals surface area contributed by atoms with Gasteiger partial charge in [0.1, 0.15) is 0 Å². The lowest BCUT2D eigenvalue weighted by Gasteiger charge is -2.06. The molecule has 0 aliphatic carbocycles. The molecule has 5 heteroatoms. The first-order valence-electron chi connectivity index (χ1n) is 5.94. The van der Waals surface area contributed by atoms with E-state index < -0.39 is 0 Å². The molecule has 0 radical (unpaired) electrons. The molecule has 4 nitrogen and oxygen atoms in total. The minimum Gasteiger partial charge on any atom is -0.414 e. The number of hydrogen-bond acceptors (Lipinski definition) is 5. The minimum absolute atomic E-state index is 0.249. The van der Waals surface area contributed by atoms with Crippen molar-refractivity contribution < 1.29 is 4.42 Å². The largest absolute Gasteiger partial charge is 0.414 e. The molecule has 18 heavy (non-hydrogen) atoms. The number of nitrogens with two attached hydrogens (primary N) is 1. The molecule has 1 unspecified atom stereocenters. The molecular formula is C13H17N3OS. The van der Waals surface area contributed by atoms with Crippen molar-refractivity contribution in [1.82, 2.24) is 10.2 Å². The second kappa shape index (κ2) is 6.02. The summed E-state index contributed by atoms with van der Waals surface area (Å²) in [5, 5.41) is 8.99. The normalized spacial score (nSPS) is 12.9. The molecule has 2 N–H and O–H groups in total. The van der Waals surface area contributed by atoms with Gasteiger partial charge >= 0.3 is 0 Å². The maximum Gasteiger partial charge on any atom is 0.276 e. The van der Waals surface area contributed by atoms with Crippen molar-refractivity contribution in [3.8, 4) is 0 Å². The Morgan fingerprint density at radius 3 is 2.61 bits per heavy atom. The fourth-order valence-corrected chi connectivity index (χ4v) is 2.20. The molecule has 0 saturated heterocycles. The summed E-state index contributed by atoms with van der Waals surface area (Å²) in [6.07, 6.45) is 0.703. The molecule has 0 saturated carbocycles. The highest BCUT2D eigenvalue weighted by atomic mass is 32.2. The molecule has 2 aromatic rings. The Kier molecular flexibility index (Phi) is 4.38. The number of hydrogen-bond donors (Lipinski definition) is 1. The topological polar surface area (TPSA) is 64.9 Å². The highest BCUT2D eigenvalue weighted by Crippen LogP contribution is 2.23. The van der Waals surface area contributed by atoms with Crippen molar-refractivity contribution in [2.45, 2.75) is 36.8 Å². The summed E-state index contributed by atoms with van der Waals surface area (Å²) in [5.74, 6) is 0.502. The molecule has 1 heterocycles. The summed E-state index contributed by atoms with van der Waals surface area (Å²) < 4.78 is 5.54. The van der Waals surface area contributed by atoms with E-state index in [1.54, 1.807) is 11.8 Å². The van der Waals surface area contributed by atoms with Crippen LogP contribution >= 0.6 is 11.8 Å². The van der Waals surface area contributed by atoms with Crippen molar-refractivity contribution in [2.75, 3.05) is 0 Å². The minimum atomic E-state index is -0.249. The molecule has 96 valence electrons. The van der Waals surface area contributed by atoms with E-state index in [1.165, 1.54) is 5.56 Å². The van der Waals surface area contributed by atoms with Gasteiger partial charge in [-0.1, -0.05) is 55.9 Å². The molecule has 1 aromatic carbocycles. The summed E-state index contributed by atoms with van der Waals surface area (Å²) in [6, 6.07) is 9.81. The Morgan fingerprint density at radius 2 is 1.94 bits per heavy atom. The summed E-state index contributed by atoms with van der Waals surface area (Å²) in [7, 11) is 0. The first kappa shape index (κ1) is 13.1. The fraction of sp³-hybridized carbons (Fsp3) is 0.385. The van der Waals surface area contributed by atoms with Crippen LogP contribution in [0.15, 0.2) is 40.0 Å². The van der Waals surface area contributed by atoms with Crippen LogP contribution in [-0.4, -0.2) is 15.4 Å². The first-order valence-corrected chi connectivity index (χ1v) is 6.82. The number of aromatic nitrogens is 2. The molecule has 1 atom stereocenters. The Morgan fingerprint density at radius 1 is 1.22 bits per heavy atom. The summed E-state index contributed by atoms with van der Waals surface area (Å²) in [4.78, 5) is 0. The van der Waals surface area contributed by atoms with E-state index in [1.807, 2.05) is 30.3 Å². The monoisotopic (exact) mass is 263 g/mol. The molecule has 0 spiro atoms.